The minimum atomic E-state index is -1.02. The van der Waals surface area contributed by atoms with Crippen LogP contribution >= 0.6 is 0 Å². The fourth-order valence-electron chi connectivity index (χ4n) is 0.566. The number of hydrogen-bond acceptors (Lipinski definition) is 5. The first-order valence-electron chi connectivity index (χ1n) is 2.96. The van der Waals surface area contributed by atoms with Crippen molar-refractivity contribution in [2.24, 2.45) is 5.73 Å². The molecule has 60 valence electrons. The second-order valence-electron chi connectivity index (χ2n) is 2.06. The van der Waals surface area contributed by atoms with Crippen LogP contribution in [0.4, 0.5) is 0 Å². The average Bonchev–Trinajstić information content (AvgIpc) is 1.88. The molecule has 0 bridgehead atoms. The standard InChI is InChI=1S/C5H12N2O3/c6-4(2-7-10)1-5(9)3-8/h3-5,7,9-10H,1-2,6H2. The zero-order valence-electron chi connectivity index (χ0n) is 5.53. The van der Waals surface area contributed by atoms with Crippen molar-refractivity contribution >= 4 is 6.29 Å². The Hall–Kier alpha value is -0.490. The van der Waals surface area contributed by atoms with Gasteiger partial charge in [0.15, 0.2) is 0 Å². The van der Waals surface area contributed by atoms with Crippen molar-refractivity contribution in [2.45, 2.75) is 18.6 Å². The third-order valence-corrected chi connectivity index (χ3v) is 1.05. The molecule has 10 heavy (non-hydrogen) atoms. The molecule has 5 heteroatoms. The Morgan fingerprint density at radius 1 is 1.70 bits per heavy atom. The molecule has 0 saturated carbocycles. The molecular formula is C5H12N2O3. The number of rotatable bonds is 5. The maximum Gasteiger partial charge on any atom is 0.148 e. The van der Waals surface area contributed by atoms with Crippen molar-refractivity contribution in [2.75, 3.05) is 6.54 Å². The van der Waals surface area contributed by atoms with Crippen LogP contribution in [0.1, 0.15) is 6.42 Å². The van der Waals surface area contributed by atoms with Crippen LogP contribution in [0.5, 0.6) is 0 Å². The SMILES string of the molecule is NC(CNO)CC(O)C=O. The molecule has 0 saturated heterocycles. The Bertz CT molecular complexity index is 98.9. The molecule has 2 atom stereocenters. The van der Waals surface area contributed by atoms with Crippen LogP contribution in [0, 0.1) is 0 Å². The summed E-state index contributed by atoms with van der Waals surface area (Å²) in [4.78, 5) is 9.86. The maximum atomic E-state index is 9.86. The molecule has 0 aromatic carbocycles. The molecule has 0 heterocycles. The van der Waals surface area contributed by atoms with E-state index in [1.165, 1.54) is 0 Å². The van der Waals surface area contributed by atoms with Gasteiger partial charge in [0.1, 0.15) is 12.4 Å². The zero-order valence-corrected chi connectivity index (χ0v) is 5.53. The van der Waals surface area contributed by atoms with Gasteiger partial charge in [-0.25, -0.2) is 5.48 Å². The van der Waals surface area contributed by atoms with E-state index in [1.54, 1.807) is 0 Å². The van der Waals surface area contributed by atoms with Gasteiger partial charge in [0.25, 0.3) is 0 Å². The van der Waals surface area contributed by atoms with Gasteiger partial charge in [-0.1, -0.05) is 0 Å². The predicted octanol–water partition coefficient (Wildman–Crippen LogP) is -1.76. The number of nitrogens with one attached hydrogen (secondary N) is 1. The molecule has 2 unspecified atom stereocenters. The number of aliphatic hydroxyl groups is 1. The summed E-state index contributed by atoms with van der Waals surface area (Å²) >= 11 is 0. The fourth-order valence-corrected chi connectivity index (χ4v) is 0.566. The third kappa shape index (κ3) is 4.39. The van der Waals surface area contributed by atoms with Crippen molar-refractivity contribution in [3.8, 4) is 0 Å². The van der Waals surface area contributed by atoms with Gasteiger partial charge in [-0.15, -0.1) is 0 Å². The summed E-state index contributed by atoms with van der Waals surface area (Å²) in [6.45, 7) is 0.172. The van der Waals surface area contributed by atoms with Crippen LogP contribution in [0.3, 0.4) is 0 Å². The lowest BCUT2D eigenvalue weighted by Gasteiger charge is -2.10. The molecule has 0 radical (unpaired) electrons. The third-order valence-electron chi connectivity index (χ3n) is 1.05. The first kappa shape index (κ1) is 9.51. The fraction of sp³-hybridized carbons (Fsp3) is 0.800. The van der Waals surface area contributed by atoms with Gasteiger partial charge in [0.2, 0.25) is 0 Å². The van der Waals surface area contributed by atoms with E-state index < -0.39 is 12.1 Å². The minimum absolute atomic E-state index is 0.164. The van der Waals surface area contributed by atoms with Gasteiger partial charge >= 0.3 is 0 Å². The summed E-state index contributed by atoms with van der Waals surface area (Å²) in [5.41, 5.74) is 7.16. The predicted molar refractivity (Wildman–Crippen MR) is 34.5 cm³/mol. The van der Waals surface area contributed by atoms with Gasteiger partial charge in [0, 0.05) is 12.6 Å². The van der Waals surface area contributed by atoms with Gasteiger partial charge in [-0.05, 0) is 6.42 Å². The summed E-state index contributed by atoms with van der Waals surface area (Å²) in [7, 11) is 0. The normalized spacial score (nSPS) is 16.3. The lowest BCUT2D eigenvalue weighted by atomic mass is 10.1. The number of carbonyl (C=O) groups excluding carboxylic acids is 1. The number of nitrogens with two attached hydrogens (primary N) is 1. The van der Waals surface area contributed by atoms with Crippen molar-refractivity contribution in [3.05, 3.63) is 0 Å². The number of carbonyl (C=O) groups is 1. The van der Waals surface area contributed by atoms with E-state index in [9.17, 15) is 4.79 Å². The summed E-state index contributed by atoms with van der Waals surface area (Å²) < 4.78 is 0. The molecule has 0 aromatic rings. The molecule has 0 aliphatic heterocycles. The van der Waals surface area contributed by atoms with Crippen LogP contribution in [-0.2, 0) is 4.79 Å². The van der Waals surface area contributed by atoms with Crippen LogP contribution in [0.25, 0.3) is 0 Å². The van der Waals surface area contributed by atoms with E-state index >= 15 is 0 Å². The van der Waals surface area contributed by atoms with Crippen LogP contribution < -0.4 is 11.2 Å². The van der Waals surface area contributed by atoms with Crippen LogP contribution in [0.2, 0.25) is 0 Å². The van der Waals surface area contributed by atoms with Gasteiger partial charge < -0.3 is 20.8 Å². The Morgan fingerprint density at radius 2 is 2.30 bits per heavy atom. The zero-order chi connectivity index (χ0) is 7.98. The molecular weight excluding hydrogens is 136 g/mol. The van der Waals surface area contributed by atoms with E-state index in [-0.39, 0.29) is 13.0 Å². The highest BCUT2D eigenvalue weighted by molar-refractivity contribution is 5.55. The van der Waals surface area contributed by atoms with Crippen LogP contribution in [-0.4, -0.2) is 35.3 Å². The highest BCUT2D eigenvalue weighted by atomic mass is 16.5. The second-order valence-corrected chi connectivity index (χ2v) is 2.06. The van der Waals surface area contributed by atoms with Crippen molar-refractivity contribution in [3.63, 3.8) is 0 Å². The molecule has 0 spiro atoms. The first-order chi connectivity index (χ1) is 4.70. The smallest absolute Gasteiger partial charge is 0.148 e. The van der Waals surface area contributed by atoms with E-state index in [0.29, 0.717) is 6.29 Å². The van der Waals surface area contributed by atoms with Crippen LogP contribution in [0.15, 0.2) is 0 Å². The first-order valence-corrected chi connectivity index (χ1v) is 2.96. The van der Waals surface area contributed by atoms with E-state index in [2.05, 4.69) is 0 Å². The molecule has 0 aliphatic rings. The number of hydrogen-bond donors (Lipinski definition) is 4. The monoisotopic (exact) mass is 148 g/mol. The Kier molecular flexibility index (Phi) is 5.05. The number of aliphatic hydroxyl groups excluding tert-OH is 1. The Labute approximate surface area is 58.8 Å². The molecule has 0 aromatic heterocycles. The summed E-state index contributed by atoms with van der Waals surface area (Å²) in [5.74, 6) is 0. The lowest BCUT2D eigenvalue weighted by Crippen LogP contribution is -2.35. The molecule has 0 rings (SSSR count). The summed E-state index contributed by atoms with van der Waals surface area (Å²) in [6.07, 6.45) is -0.447. The van der Waals surface area contributed by atoms with Crippen molar-refractivity contribution < 1.29 is 15.1 Å². The highest BCUT2D eigenvalue weighted by Gasteiger charge is 2.07. The summed E-state index contributed by atoms with van der Waals surface area (Å²) in [5, 5.41) is 16.8. The van der Waals surface area contributed by atoms with Gasteiger partial charge in [-0.3, -0.25) is 0 Å². The maximum absolute atomic E-state index is 9.86. The quantitative estimate of drug-likeness (QED) is 0.274. The Morgan fingerprint density at radius 3 is 2.70 bits per heavy atom. The second kappa shape index (κ2) is 5.31. The van der Waals surface area contributed by atoms with E-state index in [4.69, 9.17) is 16.0 Å². The highest BCUT2D eigenvalue weighted by Crippen LogP contribution is 1.90. The van der Waals surface area contributed by atoms with E-state index in [1.807, 2.05) is 5.48 Å². The molecule has 5 nitrogen and oxygen atoms in total. The topological polar surface area (TPSA) is 95.6 Å². The summed E-state index contributed by atoms with van der Waals surface area (Å²) in [6, 6.07) is -0.398. The molecule has 0 aliphatic carbocycles. The number of aldehydes is 1. The molecule has 0 fully saturated rings. The van der Waals surface area contributed by atoms with Crippen molar-refractivity contribution in [1.82, 2.24) is 5.48 Å². The molecule has 0 amide bonds. The largest absolute Gasteiger partial charge is 0.386 e. The number of hydroxylamine groups is 1. The minimum Gasteiger partial charge on any atom is -0.386 e. The van der Waals surface area contributed by atoms with Gasteiger partial charge in [-0.2, -0.15) is 0 Å². The lowest BCUT2D eigenvalue weighted by molar-refractivity contribution is -0.115. The Balaban J connectivity index is 3.36. The van der Waals surface area contributed by atoms with E-state index in [0.717, 1.165) is 0 Å². The van der Waals surface area contributed by atoms with Gasteiger partial charge in [0.05, 0.1) is 0 Å². The van der Waals surface area contributed by atoms with Crippen molar-refractivity contribution in [1.29, 1.82) is 0 Å². The molecule has 5 N–H and O–H groups in total. The average molecular weight is 148 g/mol.